The van der Waals surface area contributed by atoms with Crippen molar-refractivity contribution in [3.05, 3.63) is 18.1 Å². The second-order valence-corrected chi connectivity index (χ2v) is 5.03. The van der Waals surface area contributed by atoms with Gasteiger partial charge in [0.15, 0.2) is 0 Å². The van der Waals surface area contributed by atoms with Crippen LogP contribution < -0.4 is 10.6 Å². The molecule has 0 amide bonds. The Morgan fingerprint density at radius 2 is 2.06 bits per heavy atom. The third kappa shape index (κ3) is 3.17. The number of anilines is 1. The molecular weight excluding hydrogens is 228 g/mol. The number of methoxy groups -OCH3 is 1. The summed E-state index contributed by atoms with van der Waals surface area (Å²) in [7, 11) is 1.78. The fraction of sp³-hybridized carbons (Fsp3) is 0.692. The lowest BCUT2D eigenvalue weighted by Gasteiger charge is -2.37. The molecule has 0 radical (unpaired) electrons. The van der Waals surface area contributed by atoms with E-state index in [9.17, 15) is 0 Å². The highest BCUT2D eigenvalue weighted by Gasteiger charge is 2.32. The van der Waals surface area contributed by atoms with Crippen LogP contribution in [0.4, 0.5) is 5.82 Å². The molecule has 2 N–H and O–H groups in total. The Balaban J connectivity index is 1.99. The molecular formula is C13H22N4O. The molecule has 100 valence electrons. The smallest absolute Gasteiger partial charge is 0.147 e. The molecule has 0 spiro atoms. The first-order valence-corrected chi connectivity index (χ1v) is 6.47. The Bertz CT molecular complexity index is 371. The predicted molar refractivity (Wildman–Crippen MR) is 71.7 cm³/mol. The topological polar surface area (TPSA) is 59.1 Å². The zero-order valence-electron chi connectivity index (χ0n) is 11.2. The van der Waals surface area contributed by atoms with Crippen molar-refractivity contribution in [1.29, 1.82) is 0 Å². The van der Waals surface area contributed by atoms with Crippen molar-refractivity contribution in [2.45, 2.75) is 19.8 Å². The number of nitrogens with zero attached hydrogens (tertiary/aromatic N) is 2. The first-order chi connectivity index (χ1) is 8.76. The highest BCUT2D eigenvalue weighted by Crippen LogP contribution is 2.29. The summed E-state index contributed by atoms with van der Waals surface area (Å²) < 4.78 is 5.40. The van der Waals surface area contributed by atoms with E-state index in [1.165, 1.54) is 0 Å². The normalized spacial score (nSPS) is 18.6. The van der Waals surface area contributed by atoms with Gasteiger partial charge in [-0.1, -0.05) is 0 Å². The quantitative estimate of drug-likeness (QED) is 0.822. The molecule has 18 heavy (non-hydrogen) atoms. The van der Waals surface area contributed by atoms with Crippen molar-refractivity contribution >= 4 is 5.82 Å². The summed E-state index contributed by atoms with van der Waals surface area (Å²) >= 11 is 0. The summed E-state index contributed by atoms with van der Waals surface area (Å²) in [5.41, 5.74) is 1.16. The zero-order valence-corrected chi connectivity index (χ0v) is 11.2. The first-order valence-electron chi connectivity index (χ1n) is 6.47. The Morgan fingerprint density at radius 3 is 2.72 bits per heavy atom. The average molecular weight is 250 g/mol. The van der Waals surface area contributed by atoms with E-state index in [4.69, 9.17) is 4.74 Å². The van der Waals surface area contributed by atoms with Gasteiger partial charge in [-0.05, 0) is 32.9 Å². The molecule has 0 aromatic carbocycles. The van der Waals surface area contributed by atoms with Crippen LogP contribution in [0.1, 0.15) is 18.5 Å². The van der Waals surface area contributed by atoms with E-state index >= 15 is 0 Å². The SMILES string of the molecule is COCC1(CNc2nccnc2C)CCNCC1. The third-order valence-electron chi connectivity index (χ3n) is 3.63. The number of aromatic nitrogens is 2. The standard InChI is InChI=1S/C13H22N4O/c1-11-12(16-8-7-15-11)17-9-13(10-18-2)3-5-14-6-4-13/h7-8,14H,3-6,9-10H2,1-2H3,(H,16,17). The molecule has 2 heterocycles. The molecule has 0 saturated carbocycles. The minimum atomic E-state index is 0.212. The summed E-state index contributed by atoms with van der Waals surface area (Å²) in [6.07, 6.45) is 5.71. The Hall–Kier alpha value is -1.20. The lowest BCUT2D eigenvalue weighted by molar-refractivity contribution is 0.0635. The second kappa shape index (κ2) is 6.11. The van der Waals surface area contributed by atoms with Crippen molar-refractivity contribution in [3.63, 3.8) is 0 Å². The van der Waals surface area contributed by atoms with E-state index in [0.29, 0.717) is 0 Å². The van der Waals surface area contributed by atoms with E-state index in [2.05, 4.69) is 20.6 Å². The molecule has 5 heteroatoms. The van der Waals surface area contributed by atoms with Crippen LogP contribution in [0.3, 0.4) is 0 Å². The van der Waals surface area contributed by atoms with E-state index in [0.717, 1.165) is 50.6 Å². The van der Waals surface area contributed by atoms with E-state index in [-0.39, 0.29) is 5.41 Å². The number of rotatable bonds is 5. The van der Waals surface area contributed by atoms with Gasteiger partial charge in [0.05, 0.1) is 12.3 Å². The maximum Gasteiger partial charge on any atom is 0.147 e. The monoisotopic (exact) mass is 250 g/mol. The van der Waals surface area contributed by atoms with Crippen molar-refractivity contribution in [3.8, 4) is 0 Å². The largest absolute Gasteiger partial charge is 0.384 e. The molecule has 1 aliphatic heterocycles. The van der Waals surface area contributed by atoms with Crippen LogP contribution in [0, 0.1) is 12.3 Å². The summed E-state index contributed by atoms with van der Waals surface area (Å²) in [4.78, 5) is 8.57. The highest BCUT2D eigenvalue weighted by molar-refractivity contribution is 5.38. The molecule has 0 bridgehead atoms. The number of nitrogens with one attached hydrogen (secondary N) is 2. The van der Waals surface area contributed by atoms with Crippen LogP contribution in [0.15, 0.2) is 12.4 Å². The van der Waals surface area contributed by atoms with Crippen LogP contribution >= 0.6 is 0 Å². The minimum Gasteiger partial charge on any atom is -0.384 e. The summed E-state index contributed by atoms with van der Waals surface area (Å²) in [5.74, 6) is 0.881. The fourth-order valence-corrected chi connectivity index (χ4v) is 2.49. The fourth-order valence-electron chi connectivity index (χ4n) is 2.49. The molecule has 0 aliphatic carbocycles. The Labute approximate surface area is 108 Å². The van der Waals surface area contributed by atoms with Crippen molar-refractivity contribution < 1.29 is 4.74 Å². The van der Waals surface area contributed by atoms with E-state index in [1.54, 1.807) is 19.5 Å². The molecule has 1 aromatic rings. The van der Waals surface area contributed by atoms with Crippen LogP contribution in [0.5, 0.6) is 0 Å². The highest BCUT2D eigenvalue weighted by atomic mass is 16.5. The van der Waals surface area contributed by atoms with Gasteiger partial charge in [-0.15, -0.1) is 0 Å². The number of hydrogen-bond donors (Lipinski definition) is 2. The first kappa shape index (κ1) is 13.2. The lowest BCUT2D eigenvalue weighted by atomic mass is 9.79. The lowest BCUT2D eigenvalue weighted by Crippen LogP contribution is -2.44. The van der Waals surface area contributed by atoms with Gasteiger partial charge in [0, 0.05) is 31.5 Å². The van der Waals surface area contributed by atoms with Gasteiger partial charge in [0.1, 0.15) is 5.82 Å². The molecule has 5 nitrogen and oxygen atoms in total. The van der Waals surface area contributed by atoms with Gasteiger partial charge >= 0.3 is 0 Å². The van der Waals surface area contributed by atoms with Crippen LogP contribution in [-0.4, -0.2) is 43.3 Å². The van der Waals surface area contributed by atoms with Crippen molar-refractivity contribution in [2.75, 3.05) is 38.7 Å². The number of ether oxygens (including phenoxy) is 1. The van der Waals surface area contributed by atoms with Crippen LogP contribution in [-0.2, 0) is 4.74 Å². The number of aryl methyl sites for hydroxylation is 1. The van der Waals surface area contributed by atoms with Gasteiger partial charge in [-0.2, -0.15) is 0 Å². The maximum absolute atomic E-state index is 5.40. The number of piperidine rings is 1. The van der Waals surface area contributed by atoms with Crippen LogP contribution in [0.25, 0.3) is 0 Å². The van der Waals surface area contributed by atoms with Gasteiger partial charge in [0.2, 0.25) is 0 Å². The van der Waals surface area contributed by atoms with Gasteiger partial charge in [0.25, 0.3) is 0 Å². The minimum absolute atomic E-state index is 0.212. The molecule has 1 aromatic heterocycles. The second-order valence-electron chi connectivity index (χ2n) is 5.03. The molecule has 2 rings (SSSR count). The van der Waals surface area contributed by atoms with Gasteiger partial charge in [-0.3, -0.25) is 4.98 Å². The van der Waals surface area contributed by atoms with Gasteiger partial charge in [-0.25, -0.2) is 4.98 Å². The van der Waals surface area contributed by atoms with Crippen LogP contribution in [0.2, 0.25) is 0 Å². The molecule has 1 fully saturated rings. The van der Waals surface area contributed by atoms with E-state index < -0.39 is 0 Å². The maximum atomic E-state index is 5.40. The summed E-state index contributed by atoms with van der Waals surface area (Å²) in [6, 6.07) is 0. The number of hydrogen-bond acceptors (Lipinski definition) is 5. The molecule has 0 atom stereocenters. The molecule has 1 saturated heterocycles. The summed E-state index contributed by atoms with van der Waals surface area (Å²) in [5, 5.41) is 6.82. The molecule has 1 aliphatic rings. The van der Waals surface area contributed by atoms with Crippen molar-refractivity contribution in [1.82, 2.24) is 15.3 Å². The molecule has 0 unspecified atom stereocenters. The van der Waals surface area contributed by atoms with Gasteiger partial charge < -0.3 is 15.4 Å². The van der Waals surface area contributed by atoms with Crippen molar-refractivity contribution in [2.24, 2.45) is 5.41 Å². The third-order valence-corrected chi connectivity index (χ3v) is 3.63. The zero-order chi connectivity index (χ0) is 12.8. The predicted octanol–water partition coefficient (Wildman–Crippen LogP) is 1.21. The Kier molecular flexibility index (Phi) is 4.49. The Morgan fingerprint density at radius 1 is 1.33 bits per heavy atom. The summed E-state index contributed by atoms with van der Waals surface area (Å²) in [6.45, 7) is 5.78. The van der Waals surface area contributed by atoms with E-state index in [1.807, 2.05) is 6.92 Å². The average Bonchev–Trinajstić information content (AvgIpc) is 2.39.